The summed E-state index contributed by atoms with van der Waals surface area (Å²) in [5.41, 5.74) is 0. The molecular weight excluding hydrogens is 208 g/mol. The molecule has 0 saturated heterocycles. The molecule has 0 saturated carbocycles. The fourth-order valence-electron chi connectivity index (χ4n) is 1.44. The van der Waals surface area contributed by atoms with Gasteiger partial charge in [0, 0.05) is 19.5 Å². The molecular formula is C11H22N2O3. The van der Waals surface area contributed by atoms with Crippen LogP contribution in [0, 0.1) is 0 Å². The Morgan fingerprint density at radius 3 is 2.44 bits per heavy atom. The number of carbonyl (C=O) groups is 2. The molecule has 2 N–H and O–H groups in total. The highest BCUT2D eigenvalue weighted by molar-refractivity contribution is 5.83. The van der Waals surface area contributed by atoms with E-state index in [2.05, 4.69) is 22.3 Å². The van der Waals surface area contributed by atoms with E-state index in [-0.39, 0.29) is 5.91 Å². The van der Waals surface area contributed by atoms with E-state index in [9.17, 15) is 9.59 Å². The van der Waals surface area contributed by atoms with E-state index in [4.69, 9.17) is 0 Å². The summed E-state index contributed by atoms with van der Waals surface area (Å²) in [7, 11) is 1.31. The van der Waals surface area contributed by atoms with Crippen LogP contribution < -0.4 is 10.6 Å². The second-order valence-electron chi connectivity index (χ2n) is 3.87. The van der Waals surface area contributed by atoms with Gasteiger partial charge < -0.3 is 15.4 Å². The lowest BCUT2D eigenvalue weighted by Gasteiger charge is -2.19. The van der Waals surface area contributed by atoms with E-state index in [1.54, 1.807) is 0 Å². The largest absolute Gasteiger partial charge is 0.467 e. The summed E-state index contributed by atoms with van der Waals surface area (Å²) in [6.45, 7) is 5.92. The average Bonchev–Trinajstić information content (AvgIpc) is 2.23. The molecule has 1 amide bonds. The highest BCUT2D eigenvalue weighted by Crippen LogP contribution is 1.95. The number of amides is 1. The molecule has 0 aliphatic rings. The summed E-state index contributed by atoms with van der Waals surface area (Å²) >= 11 is 0. The van der Waals surface area contributed by atoms with Crippen molar-refractivity contribution in [2.24, 2.45) is 0 Å². The fraction of sp³-hybridized carbons (Fsp3) is 0.818. The first-order chi connectivity index (χ1) is 7.51. The monoisotopic (exact) mass is 230 g/mol. The van der Waals surface area contributed by atoms with Crippen LogP contribution in [-0.2, 0) is 14.3 Å². The molecule has 0 fully saturated rings. The second kappa shape index (κ2) is 8.10. The van der Waals surface area contributed by atoms with Gasteiger partial charge in [0.2, 0.25) is 5.91 Å². The molecule has 5 heteroatoms. The minimum atomic E-state index is -0.609. The SMILES string of the molecule is CCCC(C)NCC(NC(C)=O)C(=O)OC. The lowest BCUT2D eigenvalue weighted by atomic mass is 10.2. The van der Waals surface area contributed by atoms with E-state index in [0.29, 0.717) is 12.6 Å². The molecule has 0 aromatic heterocycles. The van der Waals surface area contributed by atoms with Crippen LogP contribution in [0.25, 0.3) is 0 Å². The van der Waals surface area contributed by atoms with Gasteiger partial charge in [-0.05, 0) is 13.3 Å². The molecule has 94 valence electrons. The minimum absolute atomic E-state index is 0.236. The maximum atomic E-state index is 11.3. The Morgan fingerprint density at radius 1 is 1.38 bits per heavy atom. The summed E-state index contributed by atoms with van der Waals surface area (Å²) < 4.78 is 4.61. The summed E-state index contributed by atoms with van der Waals surface area (Å²) in [5, 5.41) is 5.74. The van der Waals surface area contributed by atoms with E-state index >= 15 is 0 Å². The van der Waals surface area contributed by atoms with Crippen molar-refractivity contribution in [3.63, 3.8) is 0 Å². The topological polar surface area (TPSA) is 67.4 Å². The van der Waals surface area contributed by atoms with E-state index in [0.717, 1.165) is 12.8 Å². The highest BCUT2D eigenvalue weighted by Gasteiger charge is 2.20. The highest BCUT2D eigenvalue weighted by atomic mass is 16.5. The van der Waals surface area contributed by atoms with Crippen LogP contribution in [0.4, 0.5) is 0 Å². The van der Waals surface area contributed by atoms with Gasteiger partial charge in [0.1, 0.15) is 6.04 Å². The third-order valence-corrected chi connectivity index (χ3v) is 2.26. The first-order valence-corrected chi connectivity index (χ1v) is 5.59. The van der Waals surface area contributed by atoms with E-state index in [1.165, 1.54) is 14.0 Å². The van der Waals surface area contributed by atoms with Crippen LogP contribution in [0.1, 0.15) is 33.6 Å². The number of esters is 1. The molecule has 2 unspecified atom stereocenters. The van der Waals surface area contributed by atoms with E-state index in [1.807, 2.05) is 6.92 Å². The fourth-order valence-corrected chi connectivity index (χ4v) is 1.44. The lowest BCUT2D eigenvalue weighted by molar-refractivity contribution is -0.144. The Bertz CT molecular complexity index is 231. The summed E-state index contributed by atoms with van der Waals surface area (Å²) in [4.78, 5) is 22.2. The molecule has 5 nitrogen and oxygen atoms in total. The average molecular weight is 230 g/mol. The van der Waals surface area contributed by atoms with Crippen LogP contribution >= 0.6 is 0 Å². The Hall–Kier alpha value is -1.10. The quantitative estimate of drug-likeness (QED) is 0.623. The lowest BCUT2D eigenvalue weighted by Crippen LogP contribution is -2.48. The molecule has 0 heterocycles. The Labute approximate surface area is 96.9 Å². The van der Waals surface area contributed by atoms with Gasteiger partial charge in [-0.1, -0.05) is 13.3 Å². The zero-order valence-electron chi connectivity index (χ0n) is 10.5. The van der Waals surface area contributed by atoms with Gasteiger partial charge in [0.25, 0.3) is 0 Å². The van der Waals surface area contributed by atoms with Crippen molar-refractivity contribution < 1.29 is 14.3 Å². The third-order valence-electron chi connectivity index (χ3n) is 2.26. The van der Waals surface area contributed by atoms with Crippen LogP contribution in [0.5, 0.6) is 0 Å². The minimum Gasteiger partial charge on any atom is -0.467 e. The molecule has 2 atom stereocenters. The van der Waals surface area contributed by atoms with E-state index < -0.39 is 12.0 Å². The predicted molar refractivity (Wildman–Crippen MR) is 62.0 cm³/mol. The number of methoxy groups -OCH3 is 1. The van der Waals surface area contributed by atoms with Gasteiger partial charge >= 0.3 is 5.97 Å². The molecule has 0 bridgehead atoms. The molecule has 0 aromatic rings. The van der Waals surface area contributed by atoms with Crippen LogP contribution in [0.2, 0.25) is 0 Å². The van der Waals surface area contributed by atoms with Crippen molar-refractivity contribution >= 4 is 11.9 Å². The zero-order valence-corrected chi connectivity index (χ0v) is 10.5. The molecule has 0 spiro atoms. The normalized spacial score (nSPS) is 14.0. The summed E-state index contributed by atoms with van der Waals surface area (Å²) in [6.07, 6.45) is 2.12. The van der Waals surface area contributed by atoms with Gasteiger partial charge in [-0.15, -0.1) is 0 Å². The van der Waals surface area contributed by atoms with Crippen molar-refractivity contribution in [3.05, 3.63) is 0 Å². The number of nitrogens with one attached hydrogen (secondary N) is 2. The smallest absolute Gasteiger partial charge is 0.329 e. The van der Waals surface area contributed by atoms with Crippen molar-refractivity contribution in [2.75, 3.05) is 13.7 Å². The van der Waals surface area contributed by atoms with Crippen molar-refractivity contribution in [1.82, 2.24) is 10.6 Å². The summed E-state index contributed by atoms with van der Waals surface area (Å²) in [5.74, 6) is -0.660. The van der Waals surface area contributed by atoms with Gasteiger partial charge in [0.15, 0.2) is 0 Å². The zero-order chi connectivity index (χ0) is 12.6. The number of rotatable bonds is 7. The van der Waals surface area contributed by atoms with Crippen molar-refractivity contribution in [1.29, 1.82) is 0 Å². The summed E-state index contributed by atoms with van der Waals surface area (Å²) in [6, 6.07) is -0.285. The molecule has 0 aliphatic carbocycles. The number of hydrogen-bond donors (Lipinski definition) is 2. The van der Waals surface area contributed by atoms with Crippen LogP contribution in [-0.4, -0.2) is 37.6 Å². The second-order valence-corrected chi connectivity index (χ2v) is 3.87. The van der Waals surface area contributed by atoms with Gasteiger partial charge in [-0.2, -0.15) is 0 Å². The van der Waals surface area contributed by atoms with Crippen LogP contribution in [0.15, 0.2) is 0 Å². The molecule has 0 aromatic carbocycles. The molecule has 0 aliphatic heterocycles. The first-order valence-electron chi connectivity index (χ1n) is 5.59. The Balaban J connectivity index is 4.10. The van der Waals surface area contributed by atoms with Gasteiger partial charge in [-0.25, -0.2) is 4.79 Å². The van der Waals surface area contributed by atoms with Crippen molar-refractivity contribution in [2.45, 2.75) is 45.7 Å². The predicted octanol–water partition coefficient (Wildman–Crippen LogP) is 0.442. The van der Waals surface area contributed by atoms with Gasteiger partial charge in [-0.3, -0.25) is 4.79 Å². The number of ether oxygens (including phenoxy) is 1. The number of carbonyl (C=O) groups excluding carboxylic acids is 2. The molecule has 0 rings (SSSR count). The molecule has 16 heavy (non-hydrogen) atoms. The number of hydrogen-bond acceptors (Lipinski definition) is 4. The maximum Gasteiger partial charge on any atom is 0.329 e. The maximum absolute atomic E-state index is 11.3. The standard InChI is InChI=1S/C11H22N2O3/c1-5-6-8(2)12-7-10(11(15)16-4)13-9(3)14/h8,10,12H,5-7H2,1-4H3,(H,13,14). The van der Waals surface area contributed by atoms with Crippen molar-refractivity contribution in [3.8, 4) is 0 Å². The van der Waals surface area contributed by atoms with Gasteiger partial charge in [0.05, 0.1) is 7.11 Å². The Kier molecular flexibility index (Phi) is 7.54. The Morgan fingerprint density at radius 2 is 2.00 bits per heavy atom. The third kappa shape index (κ3) is 6.40. The first kappa shape index (κ1) is 14.9. The molecule has 0 radical (unpaired) electrons. The van der Waals surface area contributed by atoms with Crippen LogP contribution in [0.3, 0.4) is 0 Å².